The van der Waals surface area contributed by atoms with Crippen LogP contribution >= 0.6 is 0 Å². The molecule has 0 saturated carbocycles. The Hall–Kier alpha value is -2.66. The number of aryl methyl sites for hydroxylation is 1. The van der Waals surface area contributed by atoms with Gasteiger partial charge in [0.15, 0.2) is 11.5 Å². The summed E-state index contributed by atoms with van der Waals surface area (Å²) in [6, 6.07) is 7.03. The molecule has 0 aromatic heterocycles. The molecular weight excluding hydrogens is 284 g/mol. The first-order valence-corrected chi connectivity index (χ1v) is 6.77. The van der Waals surface area contributed by atoms with E-state index >= 15 is 0 Å². The SMILES string of the molecule is CC1=Cc2c(C)cc(O)cc2OC1(O)c1ccc(O)c(O)c1. The fourth-order valence-corrected chi connectivity index (χ4v) is 2.59. The molecule has 2 aromatic rings. The number of phenolic OH excluding ortho intramolecular Hbond substituents is 3. The van der Waals surface area contributed by atoms with E-state index in [9.17, 15) is 20.4 Å². The summed E-state index contributed by atoms with van der Waals surface area (Å²) in [5.41, 5.74) is 2.41. The summed E-state index contributed by atoms with van der Waals surface area (Å²) in [6.07, 6.45) is 1.78. The van der Waals surface area contributed by atoms with E-state index in [0.717, 1.165) is 11.1 Å². The van der Waals surface area contributed by atoms with Crippen LogP contribution in [0.5, 0.6) is 23.0 Å². The predicted octanol–water partition coefficient (Wildman–Crippen LogP) is 2.75. The number of benzene rings is 2. The molecule has 114 valence electrons. The maximum atomic E-state index is 10.9. The van der Waals surface area contributed by atoms with Crippen LogP contribution in [0.25, 0.3) is 6.08 Å². The molecule has 1 unspecified atom stereocenters. The summed E-state index contributed by atoms with van der Waals surface area (Å²) in [5, 5.41) is 39.6. The molecule has 0 aliphatic carbocycles. The molecule has 1 heterocycles. The first-order valence-electron chi connectivity index (χ1n) is 6.77. The molecule has 0 spiro atoms. The van der Waals surface area contributed by atoms with Gasteiger partial charge in [0.2, 0.25) is 0 Å². The zero-order chi connectivity index (χ0) is 16.1. The van der Waals surface area contributed by atoms with Crippen LogP contribution < -0.4 is 4.74 Å². The highest BCUT2D eigenvalue weighted by molar-refractivity contribution is 5.68. The molecule has 0 amide bonds. The minimum atomic E-state index is -1.78. The molecule has 22 heavy (non-hydrogen) atoms. The topological polar surface area (TPSA) is 90.2 Å². The quantitative estimate of drug-likeness (QED) is 0.608. The molecule has 0 fully saturated rings. The van der Waals surface area contributed by atoms with Crippen molar-refractivity contribution >= 4 is 6.08 Å². The number of ether oxygens (including phenoxy) is 1. The third kappa shape index (κ3) is 2.07. The van der Waals surface area contributed by atoms with E-state index in [1.165, 1.54) is 24.3 Å². The highest BCUT2D eigenvalue weighted by Crippen LogP contribution is 2.44. The van der Waals surface area contributed by atoms with Gasteiger partial charge in [-0.15, -0.1) is 0 Å². The van der Waals surface area contributed by atoms with Crippen LogP contribution in [0.15, 0.2) is 35.9 Å². The second kappa shape index (κ2) is 4.68. The van der Waals surface area contributed by atoms with Gasteiger partial charge in [-0.25, -0.2) is 0 Å². The second-order valence-electron chi connectivity index (χ2n) is 5.45. The molecule has 1 aliphatic heterocycles. The monoisotopic (exact) mass is 300 g/mol. The summed E-state index contributed by atoms with van der Waals surface area (Å²) < 4.78 is 5.71. The number of fused-ring (bicyclic) bond motifs is 1. The third-order valence-electron chi connectivity index (χ3n) is 3.85. The lowest BCUT2D eigenvalue weighted by Crippen LogP contribution is -2.36. The van der Waals surface area contributed by atoms with E-state index in [1.807, 2.05) is 6.92 Å². The van der Waals surface area contributed by atoms with Gasteiger partial charge in [-0.05, 0) is 49.8 Å². The van der Waals surface area contributed by atoms with Crippen LogP contribution in [0, 0.1) is 6.92 Å². The third-order valence-corrected chi connectivity index (χ3v) is 3.85. The average molecular weight is 300 g/mol. The van der Waals surface area contributed by atoms with Crippen molar-refractivity contribution in [3.8, 4) is 23.0 Å². The largest absolute Gasteiger partial charge is 0.508 e. The molecule has 1 atom stereocenters. The number of hydrogen-bond acceptors (Lipinski definition) is 5. The van der Waals surface area contributed by atoms with E-state index in [4.69, 9.17) is 4.74 Å². The molecule has 0 saturated heterocycles. The van der Waals surface area contributed by atoms with Crippen molar-refractivity contribution in [1.29, 1.82) is 0 Å². The van der Waals surface area contributed by atoms with Crippen LogP contribution in [0.3, 0.4) is 0 Å². The molecule has 0 radical (unpaired) electrons. The first kappa shape index (κ1) is 14.3. The van der Waals surface area contributed by atoms with Crippen LogP contribution in [0.1, 0.15) is 23.6 Å². The van der Waals surface area contributed by atoms with Crippen LogP contribution in [0.2, 0.25) is 0 Å². The zero-order valence-corrected chi connectivity index (χ0v) is 12.2. The van der Waals surface area contributed by atoms with Crippen molar-refractivity contribution in [3.63, 3.8) is 0 Å². The minimum Gasteiger partial charge on any atom is -0.508 e. The number of aliphatic hydroxyl groups is 1. The maximum Gasteiger partial charge on any atom is 0.258 e. The van der Waals surface area contributed by atoms with Crippen molar-refractivity contribution in [2.24, 2.45) is 0 Å². The van der Waals surface area contributed by atoms with E-state index < -0.39 is 5.79 Å². The lowest BCUT2D eigenvalue weighted by molar-refractivity contribution is -0.113. The standard InChI is InChI=1S/C17H16O5/c1-9-5-12(18)8-16-13(9)6-10(2)17(21,22-16)11-3-4-14(19)15(20)7-11/h3-8,18-21H,1-2H3. The van der Waals surface area contributed by atoms with Crippen LogP contribution in [0.4, 0.5) is 0 Å². The molecule has 5 heteroatoms. The Kier molecular flexibility index (Phi) is 3.04. The minimum absolute atomic E-state index is 0.0418. The summed E-state index contributed by atoms with van der Waals surface area (Å²) in [5.74, 6) is -2.02. The number of rotatable bonds is 1. The molecule has 3 rings (SSSR count). The summed E-state index contributed by atoms with van der Waals surface area (Å²) in [4.78, 5) is 0. The van der Waals surface area contributed by atoms with Gasteiger partial charge < -0.3 is 25.2 Å². The molecule has 5 nitrogen and oxygen atoms in total. The fourth-order valence-electron chi connectivity index (χ4n) is 2.59. The molecule has 2 aromatic carbocycles. The Morgan fingerprint density at radius 3 is 2.36 bits per heavy atom. The summed E-state index contributed by atoms with van der Waals surface area (Å²) in [7, 11) is 0. The van der Waals surface area contributed by atoms with Crippen molar-refractivity contribution in [1.82, 2.24) is 0 Å². The smallest absolute Gasteiger partial charge is 0.258 e. The van der Waals surface area contributed by atoms with E-state index in [-0.39, 0.29) is 22.8 Å². The van der Waals surface area contributed by atoms with Gasteiger partial charge in [0, 0.05) is 22.8 Å². The van der Waals surface area contributed by atoms with Gasteiger partial charge in [-0.3, -0.25) is 0 Å². The van der Waals surface area contributed by atoms with Crippen molar-refractivity contribution in [3.05, 3.63) is 52.6 Å². The predicted molar refractivity (Wildman–Crippen MR) is 80.8 cm³/mol. The second-order valence-corrected chi connectivity index (χ2v) is 5.45. The Morgan fingerprint density at radius 1 is 0.955 bits per heavy atom. The Balaban J connectivity index is 2.15. The maximum absolute atomic E-state index is 10.9. The van der Waals surface area contributed by atoms with Crippen molar-refractivity contribution in [2.75, 3.05) is 0 Å². The summed E-state index contributed by atoms with van der Waals surface area (Å²) in [6.45, 7) is 3.54. The molecular formula is C17H16O5. The van der Waals surface area contributed by atoms with Gasteiger partial charge >= 0.3 is 0 Å². The number of phenols is 3. The van der Waals surface area contributed by atoms with Gasteiger partial charge in [0.05, 0.1) is 0 Å². The Labute approximate surface area is 127 Å². The lowest BCUT2D eigenvalue weighted by Gasteiger charge is -2.35. The normalized spacial score (nSPS) is 20.0. The summed E-state index contributed by atoms with van der Waals surface area (Å²) >= 11 is 0. The Bertz CT molecular complexity index is 794. The van der Waals surface area contributed by atoms with Crippen molar-refractivity contribution in [2.45, 2.75) is 19.6 Å². The zero-order valence-electron chi connectivity index (χ0n) is 12.2. The molecule has 1 aliphatic rings. The number of aromatic hydroxyl groups is 3. The van der Waals surface area contributed by atoms with Gasteiger partial charge in [-0.1, -0.05) is 0 Å². The Morgan fingerprint density at radius 2 is 1.68 bits per heavy atom. The van der Waals surface area contributed by atoms with Crippen LogP contribution in [-0.4, -0.2) is 20.4 Å². The molecule has 0 bridgehead atoms. The highest BCUT2D eigenvalue weighted by atomic mass is 16.6. The number of hydrogen-bond donors (Lipinski definition) is 4. The first-order chi connectivity index (χ1) is 10.3. The lowest BCUT2D eigenvalue weighted by atomic mass is 9.92. The fraction of sp³-hybridized carbons (Fsp3) is 0.176. The van der Waals surface area contributed by atoms with Crippen LogP contribution in [-0.2, 0) is 5.79 Å². The molecule has 4 N–H and O–H groups in total. The van der Waals surface area contributed by atoms with E-state index in [1.54, 1.807) is 19.1 Å². The van der Waals surface area contributed by atoms with E-state index in [0.29, 0.717) is 11.3 Å². The van der Waals surface area contributed by atoms with Gasteiger partial charge in [-0.2, -0.15) is 0 Å². The average Bonchev–Trinajstić information content (AvgIpc) is 2.44. The van der Waals surface area contributed by atoms with Gasteiger partial charge in [0.1, 0.15) is 11.5 Å². The van der Waals surface area contributed by atoms with Gasteiger partial charge in [0.25, 0.3) is 5.79 Å². The van der Waals surface area contributed by atoms with Crippen molar-refractivity contribution < 1.29 is 25.2 Å². The van der Waals surface area contributed by atoms with E-state index in [2.05, 4.69) is 0 Å². The highest BCUT2D eigenvalue weighted by Gasteiger charge is 2.38.